The fourth-order valence-electron chi connectivity index (χ4n) is 4.76. The fraction of sp³-hybridized carbons (Fsp3) is 0.667. The second-order valence-electron chi connectivity index (χ2n) is 8.78. The number of amides is 1. The zero-order valence-corrected chi connectivity index (χ0v) is 17.2. The van der Waals surface area contributed by atoms with Crippen molar-refractivity contribution in [1.29, 1.82) is 0 Å². The van der Waals surface area contributed by atoms with Gasteiger partial charge in [-0.15, -0.1) is 0 Å². The van der Waals surface area contributed by atoms with E-state index in [4.69, 9.17) is 0 Å². The van der Waals surface area contributed by atoms with Gasteiger partial charge in [-0.2, -0.15) is 0 Å². The summed E-state index contributed by atoms with van der Waals surface area (Å²) in [7, 11) is -3.59. The molecular formula is C21H30N2O4S. The highest BCUT2D eigenvalue weighted by Crippen LogP contribution is 2.37. The molecule has 1 aromatic carbocycles. The lowest BCUT2D eigenvalue weighted by Crippen LogP contribution is -2.46. The van der Waals surface area contributed by atoms with Crippen LogP contribution >= 0.6 is 0 Å². The maximum atomic E-state index is 13.2. The van der Waals surface area contributed by atoms with Crippen LogP contribution in [0.25, 0.3) is 0 Å². The molecule has 0 aromatic heterocycles. The van der Waals surface area contributed by atoms with Crippen LogP contribution in [-0.4, -0.2) is 49.1 Å². The van der Waals surface area contributed by atoms with Crippen LogP contribution < -0.4 is 4.72 Å². The first-order chi connectivity index (χ1) is 13.3. The molecule has 1 saturated heterocycles. The molecule has 4 atom stereocenters. The van der Waals surface area contributed by atoms with Crippen molar-refractivity contribution < 1.29 is 18.3 Å². The van der Waals surface area contributed by atoms with Crippen molar-refractivity contribution in [3.8, 4) is 0 Å². The molecule has 3 aliphatic rings. The number of nitrogens with zero attached hydrogens (tertiary/aromatic N) is 1. The van der Waals surface area contributed by atoms with Crippen LogP contribution in [0.5, 0.6) is 0 Å². The molecule has 4 rings (SSSR count). The Morgan fingerprint density at radius 1 is 1.18 bits per heavy atom. The quantitative estimate of drug-likeness (QED) is 0.787. The summed E-state index contributed by atoms with van der Waals surface area (Å²) in [6.45, 7) is 2.87. The van der Waals surface area contributed by atoms with Crippen LogP contribution in [0.2, 0.25) is 0 Å². The summed E-state index contributed by atoms with van der Waals surface area (Å²) in [5, 5.41) is 10.5. The van der Waals surface area contributed by atoms with E-state index in [1.807, 2.05) is 4.90 Å². The lowest BCUT2D eigenvalue weighted by molar-refractivity contribution is 0.00859. The summed E-state index contributed by atoms with van der Waals surface area (Å²) in [4.78, 5) is 15.2. The monoisotopic (exact) mass is 406 g/mol. The Labute approximate surface area is 167 Å². The first kappa shape index (κ1) is 19.9. The van der Waals surface area contributed by atoms with Gasteiger partial charge in [-0.3, -0.25) is 4.79 Å². The lowest BCUT2D eigenvalue weighted by atomic mass is 9.76. The minimum absolute atomic E-state index is 0.0297. The first-order valence-corrected chi connectivity index (χ1v) is 11.9. The van der Waals surface area contributed by atoms with Crippen LogP contribution in [0.1, 0.15) is 62.2 Å². The normalized spacial score (nSPS) is 31.1. The number of rotatable bonds is 5. The van der Waals surface area contributed by atoms with Crippen molar-refractivity contribution in [2.24, 2.45) is 11.8 Å². The number of sulfonamides is 1. The molecule has 4 unspecified atom stereocenters. The van der Waals surface area contributed by atoms with Crippen molar-refractivity contribution in [3.63, 3.8) is 0 Å². The van der Waals surface area contributed by atoms with Gasteiger partial charge in [0, 0.05) is 30.1 Å². The molecule has 3 fully saturated rings. The highest BCUT2D eigenvalue weighted by Gasteiger charge is 2.40. The number of aliphatic hydroxyl groups is 1. The van der Waals surface area contributed by atoms with Crippen LogP contribution in [0, 0.1) is 11.8 Å². The molecule has 6 nitrogen and oxygen atoms in total. The number of likely N-dealkylation sites (tertiary alicyclic amines) is 1. The van der Waals surface area contributed by atoms with Crippen LogP contribution in [0.15, 0.2) is 29.2 Å². The van der Waals surface area contributed by atoms with Gasteiger partial charge >= 0.3 is 0 Å². The summed E-state index contributed by atoms with van der Waals surface area (Å²) in [6.07, 6.45) is 5.98. The minimum atomic E-state index is -3.59. The Balaban J connectivity index is 1.54. The molecule has 0 bridgehead atoms. The Morgan fingerprint density at radius 2 is 1.96 bits per heavy atom. The van der Waals surface area contributed by atoms with E-state index in [1.165, 1.54) is 12.1 Å². The maximum absolute atomic E-state index is 13.2. The van der Waals surface area contributed by atoms with Crippen molar-refractivity contribution >= 4 is 15.9 Å². The summed E-state index contributed by atoms with van der Waals surface area (Å²) in [5.41, 5.74) is 0.406. The molecular weight excluding hydrogens is 376 g/mol. The molecule has 0 radical (unpaired) electrons. The standard InChI is InChI=1S/C21H30N2O4S/c1-14-7-10-20(24)18(12-14)19-6-3-11-23(19)21(25)15-4-2-5-17(13-15)28(26,27)22-16-8-9-16/h2,4-5,13-14,16,18-20,22,24H,3,6-12H2,1H3. The molecule has 1 heterocycles. The Hall–Kier alpha value is -1.44. The zero-order valence-electron chi connectivity index (χ0n) is 16.4. The van der Waals surface area contributed by atoms with E-state index in [0.717, 1.165) is 44.9 Å². The Bertz CT molecular complexity index is 837. The number of benzene rings is 1. The number of aliphatic hydroxyl groups excluding tert-OH is 1. The molecule has 2 aliphatic carbocycles. The Morgan fingerprint density at radius 3 is 2.71 bits per heavy atom. The second-order valence-corrected chi connectivity index (χ2v) is 10.5. The average molecular weight is 407 g/mol. The molecule has 7 heteroatoms. The summed E-state index contributed by atoms with van der Waals surface area (Å²) < 4.78 is 27.7. The third-order valence-electron chi connectivity index (χ3n) is 6.47. The third-order valence-corrected chi connectivity index (χ3v) is 7.99. The van der Waals surface area contributed by atoms with Gasteiger partial charge in [0.25, 0.3) is 5.91 Å². The van der Waals surface area contributed by atoms with Gasteiger partial charge in [0.15, 0.2) is 0 Å². The van der Waals surface area contributed by atoms with Gasteiger partial charge in [-0.25, -0.2) is 13.1 Å². The van der Waals surface area contributed by atoms with E-state index in [0.29, 0.717) is 18.0 Å². The lowest BCUT2D eigenvalue weighted by Gasteiger charge is -2.39. The van der Waals surface area contributed by atoms with Gasteiger partial charge in [-0.1, -0.05) is 13.0 Å². The van der Waals surface area contributed by atoms with E-state index in [2.05, 4.69) is 11.6 Å². The molecule has 154 valence electrons. The minimum Gasteiger partial charge on any atom is -0.393 e. The van der Waals surface area contributed by atoms with E-state index in [9.17, 15) is 18.3 Å². The van der Waals surface area contributed by atoms with Gasteiger partial charge in [0.05, 0.1) is 11.0 Å². The molecule has 2 N–H and O–H groups in total. The summed E-state index contributed by atoms with van der Waals surface area (Å²) in [5.74, 6) is 0.544. The number of carbonyl (C=O) groups excluding carboxylic acids is 1. The summed E-state index contributed by atoms with van der Waals surface area (Å²) in [6, 6.07) is 6.42. The van der Waals surface area contributed by atoms with Crippen LogP contribution in [0.4, 0.5) is 0 Å². The zero-order chi connectivity index (χ0) is 19.9. The van der Waals surface area contributed by atoms with E-state index in [-0.39, 0.29) is 34.9 Å². The average Bonchev–Trinajstić information content (AvgIpc) is 3.34. The summed E-state index contributed by atoms with van der Waals surface area (Å²) >= 11 is 0. The molecule has 2 saturated carbocycles. The number of carbonyl (C=O) groups is 1. The molecule has 1 amide bonds. The smallest absolute Gasteiger partial charge is 0.254 e. The van der Waals surface area contributed by atoms with Crippen molar-refractivity contribution in [2.75, 3.05) is 6.54 Å². The predicted molar refractivity (Wildman–Crippen MR) is 106 cm³/mol. The van der Waals surface area contributed by atoms with E-state index in [1.54, 1.807) is 12.1 Å². The number of hydrogen-bond acceptors (Lipinski definition) is 4. The molecule has 1 aliphatic heterocycles. The van der Waals surface area contributed by atoms with E-state index < -0.39 is 10.0 Å². The van der Waals surface area contributed by atoms with Crippen molar-refractivity contribution in [1.82, 2.24) is 9.62 Å². The first-order valence-electron chi connectivity index (χ1n) is 10.5. The number of hydrogen-bond donors (Lipinski definition) is 2. The maximum Gasteiger partial charge on any atom is 0.254 e. The van der Waals surface area contributed by atoms with Gasteiger partial charge < -0.3 is 10.0 Å². The molecule has 28 heavy (non-hydrogen) atoms. The molecule has 0 spiro atoms. The SMILES string of the molecule is CC1CCC(O)C(C2CCCN2C(=O)c2cccc(S(=O)(=O)NC3CC3)c2)C1. The Kier molecular flexibility index (Phi) is 5.51. The fourth-order valence-corrected chi connectivity index (χ4v) is 6.11. The number of nitrogens with one attached hydrogen (secondary N) is 1. The van der Waals surface area contributed by atoms with Gasteiger partial charge in [0.2, 0.25) is 10.0 Å². The highest BCUT2D eigenvalue weighted by molar-refractivity contribution is 7.89. The van der Waals surface area contributed by atoms with Crippen LogP contribution in [0.3, 0.4) is 0 Å². The largest absolute Gasteiger partial charge is 0.393 e. The van der Waals surface area contributed by atoms with E-state index >= 15 is 0 Å². The predicted octanol–water partition coefficient (Wildman–Crippen LogP) is 2.53. The third kappa shape index (κ3) is 4.11. The topological polar surface area (TPSA) is 86.7 Å². The van der Waals surface area contributed by atoms with Crippen molar-refractivity contribution in [3.05, 3.63) is 29.8 Å². The van der Waals surface area contributed by atoms with Gasteiger partial charge in [0.1, 0.15) is 0 Å². The highest BCUT2D eigenvalue weighted by atomic mass is 32.2. The molecule has 1 aromatic rings. The second kappa shape index (κ2) is 7.76. The van der Waals surface area contributed by atoms with Crippen molar-refractivity contribution in [2.45, 2.75) is 75.0 Å². The van der Waals surface area contributed by atoms with Gasteiger partial charge in [-0.05, 0) is 69.1 Å². The van der Waals surface area contributed by atoms with Crippen LogP contribution in [-0.2, 0) is 10.0 Å².